The first-order chi connectivity index (χ1) is 9.95. The zero-order valence-corrected chi connectivity index (χ0v) is 12.4. The fraction of sp³-hybridized carbons (Fsp3) is 0.500. The first-order valence-corrected chi connectivity index (χ1v) is 7.17. The molecule has 0 spiro atoms. The molecule has 1 aromatic carbocycles. The lowest BCUT2D eigenvalue weighted by Crippen LogP contribution is -2.50. The molecule has 1 amide bonds. The molecule has 1 saturated heterocycles. The van der Waals surface area contributed by atoms with Crippen LogP contribution in [0.25, 0.3) is 0 Å². The number of carboxylic acids is 1. The van der Waals surface area contributed by atoms with Gasteiger partial charge in [-0.3, -0.25) is 9.59 Å². The van der Waals surface area contributed by atoms with Crippen LogP contribution >= 0.6 is 0 Å². The van der Waals surface area contributed by atoms with Gasteiger partial charge in [-0.25, -0.2) is 0 Å². The highest BCUT2D eigenvalue weighted by atomic mass is 16.5. The van der Waals surface area contributed by atoms with Crippen LogP contribution < -0.4 is 0 Å². The van der Waals surface area contributed by atoms with Crippen molar-refractivity contribution < 1.29 is 19.4 Å². The van der Waals surface area contributed by atoms with E-state index >= 15 is 0 Å². The molecule has 0 saturated carbocycles. The molecule has 5 heteroatoms. The number of aliphatic carboxylic acids is 1. The van der Waals surface area contributed by atoms with Gasteiger partial charge in [0.05, 0.1) is 19.1 Å². The number of ether oxygens (including phenoxy) is 1. The first kappa shape index (κ1) is 15.5. The lowest BCUT2D eigenvalue weighted by atomic mass is 9.95. The van der Waals surface area contributed by atoms with Crippen molar-refractivity contribution in [1.82, 2.24) is 4.90 Å². The average Bonchev–Trinajstić information content (AvgIpc) is 2.39. The van der Waals surface area contributed by atoms with Gasteiger partial charge in [-0.1, -0.05) is 12.1 Å². The third-order valence-corrected chi connectivity index (χ3v) is 3.49. The summed E-state index contributed by atoms with van der Waals surface area (Å²) in [5.41, 5.74) is 1.67. The Hall–Kier alpha value is -1.88. The van der Waals surface area contributed by atoms with Crippen LogP contribution in [0.4, 0.5) is 0 Å². The van der Waals surface area contributed by atoms with Crippen molar-refractivity contribution in [2.45, 2.75) is 33.0 Å². The quantitative estimate of drug-likeness (QED) is 0.872. The molecule has 21 heavy (non-hydrogen) atoms. The maximum absolute atomic E-state index is 12.2. The number of nitrogens with zero attached hydrogens (tertiary/aromatic N) is 1. The summed E-state index contributed by atoms with van der Waals surface area (Å²) >= 11 is 0. The van der Waals surface area contributed by atoms with E-state index in [4.69, 9.17) is 9.84 Å². The second-order valence-electron chi connectivity index (χ2n) is 5.73. The lowest BCUT2D eigenvalue weighted by molar-refractivity contribution is -0.139. The Labute approximate surface area is 124 Å². The van der Waals surface area contributed by atoms with Crippen LogP contribution in [0.5, 0.6) is 0 Å². The van der Waals surface area contributed by atoms with Gasteiger partial charge in [-0.2, -0.15) is 0 Å². The Balaban J connectivity index is 1.85. The van der Waals surface area contributed by atoms with Gasteiger partial charge in [0.15, 0.2) is 0 Å². The second kappa shape index (κ2) is 6.72. The molecular formula is C16H21NO4. The van der Waals surface area contributed by atoms with Crippen molar-refractivity contribution >= 4 is 11.9 Å². The summed E-state index contributed by atoms with van der Waals surface area (Å²) in [4.78, 5) is 24.5. The van der Waals surface area contributed by atoms with Gasteiger partial charge in [0.25, 0.3) is 5.91 Å². The van der Waals surface area contributed by atoms with Crippen LogP contribution in [0.1, 0.15) is 36.2 Å². The number of rotatable bonds is 6. The predicted molar refractivity (Wildman–Crippen MR) is 78.0 cm³/mol. The fourth-order valence-corrected chi connectivity index (χ4v) is 2.30. The number of benzene rings is 1. The topological polar surface area (TPSA) is 66.8 Å². The van der Waals surface area contributed by atoms with Crippen molar-refractivity contribution in [3.8, 4) is 0 Å². The molecule has 114 valence electrons. The van der Waals surface area contributed by atoms with Crippen molar-refractivity contribution in [3.63, 3.8) is 0 Å². The molecule has 1 aromatic rings. The van der Waals surface area contributed by atoms with E-state index in [1.54, 1.807) is 17.0 Å². The minimum Gasteiger partial charge on any atom is -0.481 e. The van der Waals surface area contributed by atoms with E-state index in [0.717, 1.165) is 5.56 Å². The highest BCUT2D eigenvalue weighted by Gasteiger charge is 2.32. The Morgan fingerprint density at radius 1 is 1.29 bits per heavy atom. The van der Waals surface area contributed by atoms with E-state index in [0.29, 0.717) is 25.3 Å². The molecule has 1 N–H and O–H groups in total. The molecule has 1 aliphatic heterocycles. The Morgan fingerprint density at radius 2 is 1.90 bits per heavy atom. The first-order valence-electron chi connectivity index (χ1n) is 7.17. The molecule has 1 aliphatic rings. The van der Waals surface area contributed by atoms with Gasteiger partial charge in [0, 0.05) is 24.6 Å². The van der Waals surface area contributed by atoms with Crippen molar-refractivity contribution in [1.29, 1.82) is 0 Å². The summed E-state index contributed by atoms with van der Waals surface area (Å²) in [6, 6.07) is 7.38. The summed E-state index contributed by atoms with van der Waals surface area (Å²) in [7, 11) is 0. The second-order valence-corrected chi connectivity index (χ2v) is 5.73. The lowest BCUT2D eigenvalue weighted by Gasteiger charge is -2.38. The summed E-state index contributed by atoms with van der Waals surface area (Å²) in [6.45, 7) is 5.56. The third-order valence-electron chi connectivity index (χ3n) is 3.49. The average molecular weight is 291 g/mol. The minimum absolute atomic E-state index is 0.0343. The maximum atomic E-state index is 12.2. The van der Waals surface area contributed by atoms with Crippen LogP contribution in [0.15, 0.2) is 24.3 Å². The molecule has 0 unspecified atom stereocenters. The van der Waals surface area contributed by atoms with E-state index in [1.807, 2.05) is 26.0 Å². The molecule has 1 heterocycles. The molecule has 0 aliphatic carbocycles. The monoisotopic (exact) mass is 291 g/mol. The number of carbonyl (C=O) groups excluding carboxylic acids is 1. The highest BCUT2D eigenvalue weighted by Crippen LogP contribution is 2.21. The Kier molecular flexibility index (Phi) is 4.96. The van der Waals surface area contributed by atoms with Gasteiger partial charge in [-0.15, -0.1) is 0 Å². The van der Waals surface area contributed by atoms with E-state index in [1.165, 1.54) is 0 Å². The standard InChI is InChI=1S/C16H21NO4/c1-11(2)21-10-12-3-5-14(6-4-12)16(20)17-8-13(9-17)7-15(18)19/h3-6,11,13H,7-10H2,1-2H3,(H,18,19). The molecule has 2 rings (SSSR count). The molecule has 0 bridgehead atoms. The largest absolute Gasteiger partial charge is 0.481 e. The molecule has 5 nitrogen and oxygen atoms in total. The maximum Gasteiger partial charge on any atom is 0.303 e. The fourth-order valence-electron chi connectivity index (χ4n) is 2.30. The predicted octanol–water partition coefficient (Wildman–Crippen LogP) is 2.16. The summed E-state index contributed by atoms with van der Waals surface area (Å²) < 4.78 is 5.51. The number of amides is 1. The van der Waals surface area contributed by atoms with Gasteiger partial charge in [-0.05, 0) is 31.5 Å². The zero-order valence-electron chi connectivity index (χ0n) is 12.4. The molecular weight excluding hydrogens is 270 g/mol. The van der Waals surface area contributed by atoms with Crippen molar-refractivity contribution in [2.75, 3.05) is 13.1 Å². The van der Waals surface area contributed by atoms with Crippen LogP contribution in [-0.2, 0) is 16.1 Å². The van der Waals surface area contributed by atoms with Crippen LogP contribution in [0.2, 0.25) is 0 Å². The van der Waals surface area contributed by atoms with E-state index in [-0.39, 0.29) is 24.3 Å². The van der Waals surface area contributed by atoms with Crippen LogP contribution in [0, 0.1) is 5.92 Å². The van der Waals surface area contributed by atoms with Gasteiger partial charge >= 0.3 is 5.97 Å². The number of hydrogen-bond acceptors (Lipinski definition) is 3. The molecule has 0 atom stereocenters. The van der Waals surface area contributed by atoms with Gasteiger partial charge in [0.1, 0.15) is 0 Å². The molecule has 0 aromatic heterocycles. The van der Waals surface area contributed by atoms with E-state index in [2.05, 4.69) is 0 Å². The van der Waals surface area contributed by atoms with Crippen molar-refractivity contribution in [2.24, 2.45) is 5.92 Å². The van der Waals surface area contributed by atoms with Gasteiger partial charge < -0.3 is 14.7 Å². The smallest absolute Gasteiger partial charge is 0.303 e. The number of carbonyl (C=O) groups is 2. The number of likely N-dealkylation sites (tertiary alicyclic amines) is 1. The minimum atomic E-state index is -0.804. The van der Waals surface area contributed by atoms with Crippen LogP contribution in [0.3, 0.4) is 0 Å². The van der Waals surface area contributed by atoms with Gasteiger partial charge in [0.2, 0.25) is 0 Å². The number of carboxylic acid groups (broad SMARTS) is 1. The molecule has 1 fully saturated rings. The zero-order chi connectivity index (χ0) is 15.4. The van der Waals surface area contributed by atoms with Crippen molar-refractivity contribution in [3.05, 3.63) is 35.4 Å². The third kappa shape index (κ3) is 4.29. The van der Waals surface area contributed by atoms with Crippen LogP contribution in [-0.4, -0.2) is 41.1 Å². The summed E-state index contributed by atoms with van der Waals surface area (Å²) in [6.07, 6.45) is 0.313. The Morgan fingerprint density at radius 3 is 2.43 bits per heavy atom. The Bertz CT molecular complexity index is 504. The summed E-state index contributed by atoms with van der Waals surface area (Å²) in [5, 5.41) is 8.70. The normalized spacial score (nSPS) is 15.1. The molecule has 0 radical (unpaired) electrons. The highest BCUT2D eigenvalue weighted by molar-refractivity contribution is 5.94. The SMILES string of the molecule is CC(C)OCc1ccc(C(=O)N2CC(CC(=O)O)C2)cc1. The van der Waals surface area contributed by atoms with E-state index in [9.17, 15) is 9.59 Å². The summed E-state index contributed by atoms with van der Waals surface area (Å²) in [5.74, 6) is -0.750. The van der Waals surface area contributed by atoms with E-state index < -0.39 is 5.97 Å². The number of hydrogen-bond donors (Lipinski definition) is 1.